The molecule has 0 aliphatic carbocycles. The molecule has 2 aromatic rings. The van der Waals surface area contributed by atoms with E-state index in [2.05, 4.69) is 10.6 Å². The van der Waals surface area contributed by atoms with Crippen molar-refractivity contribution in [1.29, 1.82) is 0 Å². The first-order chi connectivity index (χ1) is 13.9. The molecule has 1 atom stereocenters. The van der Waals surface area contributed by atoms with Gasteiger partial charge in [-0.25, -0.2) is 0 Å². The molecule has 10 heteroatoms. The largest absolute Gasteiger partial charge is 0.416 e. The zero-order valence-electron chi connectivity index (χ0n) is 16.4. The van der Waals surface area contributed by atoms with Gasteiger partial charge in [-0.3, -0.25) is 9.35 Å². The lowest BCUT2D eigenvalue weighted by molar-refractivity contribution is -0.137. The van der Waals surface area contributed by atoms with Gasteiger partial charge in [-0.05, 0) is 34.7 Å². The number of alkyl halides is 3. The van der Waals surface area contributed by atoms with E-state index in [1.165, 1.54) is 12.1 Å². The normalized spacial score (nSPS) is 13.3. The molecule has 0 fully saturated rings. The lowest BCUT2D eigenvalue weighted by Gasteiger charge is -2.21. The van der Waals surface area contributed by atoms with Crippen LogP contribution < -0.4 is 10.6 Å². The summed E-state index contributed by atoms with van der Waals surface area (Å²) >= 11 is 0. The summed E-state index contributed by atoms with van der Waals surface area (Å²) in [6, 6.07) is 11.3. The number of hydrogen-bond donors (Lipinski definition) is 3. The highest BCUT2D eigenvalue weighted by atomic mass is 32.2. The zero-order chi connectivity index (χ0) is 22.5. The number of hydrogen-bond acceptors (Lipinski definition) is 4. The maximum absolute atomic E-state index is 12.7. The maximum Gasteiger partial charge on any atom is 0.416 e. The molecule has 1 amide bonds. The van der Waals surface area contributed by atoms with Crippen molar-refractivity contribution < 1.29 is 30.9 Å². The van der Waals surface area contributed by atoms with E-state index in [9.17, 15) is 26.4 Å². The average Bonchev–Trinajstić information content (AvgIpc) is 2.65. The van der Waals surface area contributed by atoms with Crippen LogP contribution in [-0.2, 0) is 27.6 Å². The topological polar surface area (TPSA) is 95.5 Å². The zero-order valence-corrected chi connectivity index (χ0v) is 17.2. The van der Waals surface area contributed by atoms with E-state index in [4.69, 9.17) is 4.55 Å². The summed E-state index contributed by atoms with van der Waals surface area (Å²) in [7, 11) is -4.31. The van der Waals surface area contributed by atoms with Crippen LogP contribution in [0.2, 0.25) is 0 Å². The molecule has 0 bridgehead atoms. The molecule has 0 aliphatic rings. The molecule has 30 heavy (non-hydrogen) atoms. The van der Waals surface area contributed by atoms with Crippen LogP contribution in [0.3, 0.4) is 0 Å². The number of amides is 1. The van der Waals surface area contributed by atoms with Gasteiger partial charge < -0.3 is 10.6 Å². The second-order valence-electron chi connectivity index (χ2n) is 7.14. The van der Waals surface area contributed by atoms with Crippen molar-refractivity contribution >= 4 is 16.0 Å². The molecule has 0 saturated heterocycles. The third kappa shape index (κ3) is 7.12. The van der Waals surface area contributed by atoms with E-state index < -0.39 is 39.7 Å². The minimum absolute atomic E-state index is 0.141. The monoisotopic (exact) mass is 444 g/mol. The first-order valence-electron chi connectivity index (χ1n) is 9.09. The number of carbonyl (C=O) groups excluding carboxylic acids is 1. The molecular weight excluding hydrogens is 421 g/mol. The van der Waals surface area contributed by atoms with E-state index in [1.807, 2.05) is 0 Å². The number of rotatable bonds is 8. The van der Waals surface area contributed by atoms with Crippen LogP contribution in [0.5, 0.6) is 0 Å². The van der Waals surface area contributed by atoms with Crippen LogP contribution in [0.1, 0.15) is 25.0 Å². The Balaban J connectivity index is 2.01. The van der Waals surface area contributed by atoms with Gasteiger partial charge in [0.15, 0.2) is 0 Å². The Morgan fingerprint density at radius 2 is 1.50 bits per heavy atom. The van der Waals surface area contributed by atoms with Crippen molar-refractivity contribution in [3.8, 4) is 11.1 Å². The third-order valence-electron chi connectivity index (χ3n) is 4.40. The average molecular weight is 444 g/mol. The van der Waals surface area contributed by atoms with Crippen LogP contribution in [0.15, 0.2) is 48.5 Å². The first kappa shape index (κ1) is 23.8. The molecule has 0 saturated carbocycles. The molecule has 164 valence electrons. The standard InChI is InChI=1S/C20H23F3N2O4S/c1-13(2)18(19(26)25-12-30(27,28)29)24-11-14-3-5-15(6-4-14)16-7-9-17(10-8-16)20(21,22)23/h3-10,13,18,24H,11-12H2,1-2H3,(H,25,26)(H,27,28,29)/t18-/m1/s1. The highest BCUT2D eigenvalue weighted by Gasteiger charge is 2.30. The predicted molar refractivity (Wildman–Crippen MR) is 107 cm³/mol. The number of nitrogens with one attached hydrogen (secondary N) is 2. The van der Waals surface area contributed by atoms with Crippen LogP contribution in [0.4, 0.5) is 13.2 Å². The van der Waals surface area contributed by atoms with Gasteiger partial charge in [0, 0.05) is 6.54 Å². The van der Waals surface area contributed by atoms with Gasteiger partial charge in [0.05, 0.1) is 11.6 Å². The Kier molecular flexibility index (Phi) is 7.62. The molecule has 0 aliphatic heterocycles. The Morgan fingerprint density at radius 3 is 1.93 bits per heavy atom. The Morgan fingerprint density at radius 1 is 1.00 bits per heavy atom. The van der Waals surface area contributed by atoms with Gasteiger partial charge in [-0.1, -0.05) is 50.2 Å². The quantitative estimate of drug-likeness (QED) is 0.542. The molecule has 3 N–H and O–H groups in total. The number of halogens is 3. The fourth-order valence-corrected chi connectivity index (χ4v) is 3.12. The van der Waals surface area contributed by atoms with Crippen molar-refractivity contribution in [2.75, 3.05) is 5.88 Å². The van der Waals surface area contributed by atoms with Gasteiger partial charge >= 0.3 is 6.18 Å². The Labute approximate surface area is 173 Å². The lowest BCUT2D eigenvalue weighted by atomic mass is 10.0. The summed E-state index contributed by atoms with van der Waals surface area (Å²) in [6.07, 6.45) is -4.38. The first-order valence-corrected chi connectivity index (χ1v) is 10.7. The highest BCUT2D eigenvalue weighted by Crippen LogP contribution is 2.31. The van der Waals surface area contributed by atoms with Crippen molar-refractivity contribution in [2.24, 2.45) is 5.92 Å². The van der Waals surface area contributed by atoms with E-state index in [-0.39, 0.29) is 5.92 Å². The second-order valence-corrected chi connectivity index (χ2v) is 8.59. The van der Waals surface area contributed by atoms with E-state index >= 15 is 0 Å². The van der Waals surface area contributed by atoms with Gasteiger partial charge in [-0.15, -0.1) is 0 Å². The van der Waals surface area contributed by atoms with Crippen LogP contribution in [-0.4, -0.2) is 30.8 Å². The summed E-state index contributed by atoms with van der Waals surface area (Å²) < 4.78 is 68.3. The van der Waals surface area contributed by atoms with Gasteiger partial charge in [0.25, 0.3) is 10.1 Å². The fourth-order valence-electron chi connectivity index (χ4n) is 2.80. The van der Waals surface area contributed by atoms with Crippen LogP contribution in [0, 0.1) is 5.92 Å². The molecule has 0 spiro atoms. The second kappa shape index (κ2) is 9.59. The van der Waals surface area contributed by atoms with Crippen molar-refractivity contribution in [2.45, 2.75) is 32.6 Å². The van der Waals surface area contributed by atoms with Crippen molar-refractivity contribution in [3.05, 3.63) is 59.7 Å². The summed E-state index contributed by atoms with van der Waals surface area (Å²) in [4.78, 5) is 12.2. The van der Waals surface area contributed by atoms with E-state index in [0.717, 1.165) is 23.3 Å². The third-order valence-corrected chi connectivity index (χ3v) is 4.91. The molecular formula is C20H23F3N2O4S. The molecule has 2 aromatic carbocycles. The molecule has 0 aromatic heterocycles. The summed E-state index contributed by atoms with van der Waals surface area (Å²) in [5, 5.41) is 5.21. The van der Waals surface area contributed by atoms with Gasteiger partial charge in [-0.2, -0.15) is 21.6 Å². The SMILES string of the molecule is CC(C)[C@@H](NCc1ccc(-c2ccc(C(F)(F)F)cc2)cc1)C(=O)NCS(=O)(=O)O. The minimum Gasteiger partial charge on any atom is -0.339 e. The van der Waals surface area contributed by atoms with E-state index in [0.29, 0.717) is 12.1 Å². The lowest BCUT2D eigenvalue weighted by Crippen LogP contribution is -2.48. The van der Waals surface area contributed by atoms with Crippen LogP contribution >= 0.6 is 0 Å². The van der Waals surface area contributed by atoms with Crippen molar-refractivity contribution in [3.63, 3.8) is 0 Å². The number of benzene rings is 2. The Bertz CT molecular complexity index is 957. The van der Waals surface area contributed by atoms with Crippen molar-refractivity contribution in [1.82, 2.24) is 10.6 Å². The highest BCUT2D eigenvalue weighted by molar-refractivity contribution is 7.85. The maximum atomic E-state index is 12.7. The molecule has 0 radical (unpaired) electrons. The fraction of sp³-hybridized carbons (Fsp3) is 0.350. The van der Waals surface area contributed by atoms with Gasteiger partial charge in [0.1, 0.15) is 5.88 Å². The summed E-state index contributed by atoms with van der Waals surface area (Å²) in [5.74, 6) is -1.56. The molecule has 2 rings (SSSR count). The summed E-state index contributed by atoms with van der Waals surface area (Å²) in [5.41, 5.74) is 1.52. The molecule has 6 nitrogen and oxygen atoms in total. The molecule has 0 unspecified atom stereocenters. The molecule has 0 heterocycles. The number of carbonyl (C=O) groups is 1. The van der Waals surface area contributed by atoms with Gasteiger partial charge in [0.2, 0.25) is 5.91 Å². The Hall–Kier alpha value is -2.43. The predicted octanol–water partition coefficient (Wildman–Crippen LogP) is 3.45. The van der Waals surface area contributed by atoms with Crippen LogP contribution in [0.25, 0.3) is 11.1 Å². The van der Waals surface area contributed by atoms with E-state index in [1.54, 1.807) is 38.1 Å². The smallest absolute Gasteiger partial charge is 0.339 e. The minimum atomic E-state index is -4.38. The summed E-state index contributed by atoms with van der Waals surface area (Å²) in [6.45, 7) is 3.90.